The predicted molar refractivity (Wildman–Crippen MR) is 62.5 cm³/mol. The highest BCUT2D eigenvalue weighted by Crippen LogP contribution is 2.24. The molecule has 0 fully saturated rings. The first-order valence-corrected chi connectivity index (χ1v) is 5.49. The van der Waals surface area contributed by atoms with E-state index in [4.69, 9.17) is 5.26 Å². The van der Waals surface area contributed by atoms with E-state index < -0.39 is 0 Å². The first-order valence-electron chi connectivity index (χ1n) is 4.69. The fourth-order valence-corrected chi connectivity index (χ4v) is 1.75. The molecule has 0 amide bonds. The summed E-state index contributed by atoms with van der Waals surface area (Å²) in [7, 11) is 0. The molecule has 0 bridgehead atoms. The zero-order valence-corrected chi connectivity index (χ0v) is 10.3. The third kappa shape index (κ3) is 3.17. The molecule has 0 aliphatic carbocycles. The van der Waals surface area contributed by atoms with Crippen LogP contribution < -0.4 is 0 Å². The van der Waals surface area contributed by atoms with Crippen molar-refractivity contribution >= 4 is 21.7 Å². The summed E-state index contributed by atoms with van der Waals surface area (Å²) in [4.78, 5) is 11.0. The van der Waals surface area contributed by atoms with E-state index in [1.807, 2.05) is 25.1 Å². The Balaban J connectivity index is 2.98. The van der Waals surface area contributed by atoms with E-state index in [9.17, 15) is 4.79 Å². The van der Waals surface area contributed by atoms with E-state index in [0.29, 0.717) is 0 Å². The van der Waals surface area contributed by atoms with Gasteiger partial charge in [0.1, 0.15) is 5.78 Å². The quantitative estimate of drug-likeness (QED) is 0.841. The molecule has 1 aromatic rings. The van der Waals surface area contributed by atoms with Gasteiger partial charge in [-0.2, -0.15) is 5.26 Å². The van der Waals surface area contributed by atoms with Gasteiger partial charge in [0, 0.05) is 10.9 Å². The molecule has 0 heterocycles. The van der Waals surface area contributed by atoms with Crippen molar-refractivity contribution < 1.29 is 4.79 Å². The van der Waals surface area contributed by atoms with Crippen molar-refractivity contribution in [3.05, 3.63) is 33.8 Å². The Kier molecular flexibility index (Phi) is 4.05. The molecular formula is C12H12BrNO. The van der Waals surface area contributed by atoms with Gasteiger partial charge in [0.15, 0.2) is 0 Å². The van der Waals surface area contributed by atoms with Crippen LogP contribution in [0.4, 0.5) is 0 Å². The molecule has 0 saturated heterocycles. The number of nitrogens with zero attached hydrogens (tertiary/aromatic N) is 1. The number of aryl methyl sites for hydroxylation is 1. The average Bonchev–Trinajstić information content (AvgIpc) is 2.18. The van der Waals surface area contributed by atoms with E-state index in [0.717, 1.165) is 15.6 Å². The molecule has 0 aliphatic rings. The number of hydrogen-bond donors (Lipinski definition) is 0. The van der Waals surface area contributed by atoms with E-state index in [2.05, 4.69) is 22.0 Å². The lowest BCUT2D eigenvalue weighted by atomic mass is 9.95. The topological polar surface area (TPSA) is 40.9 Å². The lowest BCUT2D eigenvalue weighted by molar-refractivity contribution is -0.117. The summed E-state index contributed by atoms with van der Waals surface area (Å²) in [6, 6.07) is 7.91. The van der Waals surface area contributed by atoms with Gasteiger partial charge in [0.2, 0.25) is 0 Å². The van der Waals surface area contributed by atoms with Crippen LogP contribution in [0.1, 0.15) is 30.4 Å². The number of hydrogen-bond acceptors (Lipinski definition) is 2. The summed E-state index contributed by atoms with van der Waals surface area (Å²) in [5, 5.41) is 8.97. The molecule has 1 unspecified atom stereocenters. The standard InChI is InChI=1S/C12H12BrNO/c1-8-3-4-10(6-12(8)13)11(7-14)5-9(2)15/h3-4,6,11H,5H2,1-2H3. The van der Waals surface area contributed by atoms with E-state index in [-0.39, 0.29) is 18.1 Å². The number of carbonyl (C=O) groups is 1. The summed E-state index contributed by atoms with van der Waals surface area (Å²) >= 11 is 3.42. The van der Waals surface area contributed by atoms with Crippen LogP contribution in [0, 0.1) is 18.3 Å². The van der Waals surface area contributed by atoms with E-state index >= 15 is 0 Å². The predicted octanol–water partition coefficient (Wildman–Crippen LogP) is 3.34. The van der Waals surface area contributed by atoms with Crippen molar-refractivity contribution in [2.24, 2.45) is 0 Å². The van der Waals surface area contributed by atoms with Crippen molar-refractivity contribution in [2.75, 3.05) is 0 Å². The monoisotopic (exact) mass is 265 g/mol. The maximum absolute atomic E-state index is 11.0. The molecular weight excluding hydrogens is 254 g/mol. The minimum atomic E-state index is -0.334. The van der Waals surface area contributed by atoms with Crippen molar-refractivity contribution in [2.45, 2.75) is 26.2 Å². The molecule has 0 N–H and O–H groups in total. The molecule has 1 atom stereocenters. The van der Waals surface area contributed by atoms with Gasteiger partial charge in [-0.05, 0) is 31.0 Å². The lowest BCUT2D eigenvalue weighted by Gasteiger charge is -2.08. The fraction of sp³-hybridized carbons (Fsp3) is 0.333. The van der Waals surface area contributed by atoms with Gasteiger partial charge < -0.3 is 0 Å². The minimum Gasteiger partial charge on any atom is -0.300 e. The SMILES string of the molecule is CC(=O)CC(C#N)c1ccc(C)c(Br)c1. The normalized spacial score (nSPS) is 11.9. The summed E-state index contributed by atoms with van der Waals surface area (Å²) in [5.74, 6) is -0.294. The largest absolute Gasteiger partial charge is 0.300 e. The first-order chi connectivity index (χ1) is 7.04. The first kappa shape index (κ1) is 11.9. The van der Waals surface area contributed by atoms with Gasteiger partial charge in [-0.25, -0.2) is 0 Å². The third-order valence-electron chi connectivity index (χ3n) is 2.25. The molecule has 1 aromatic carbocycles. The number of carbonyl (C=O) groups excluding carboxylic acids is 1. The fourth-order valence-electron chi connectivity index (χ4n) is 1.35. The van der Waals surface area contributed by atoms with Gasteiger partial charge in [-0.3, -0.25) is 4.79 Å². The number of nitriles is 1. The Morgan fingerprint density at radius 1 is 1.60 bits per heavy atom. The lowest BCUT2D eigenvalue weighted by Crippen LogP contribution is -2.02. The number of benzene rings is 1. The second-order valence-corrected chi connectivity index (χ2v) is 4.45. The van der Waals surface area contributed by atoms with Gasteiger partial charge in [-0.1, -0.05) is 28.1 Å². The zero-order chi connectivity index (χ0) is 11.4. The zero-order valence-electron chi connectivity index (χ0n) is 8.75. The molecule has 3 heteroatoms. The number of ketones is 1. The maximum Gasteiger partial charge on any atom is 0.131 e. The van der Waals surface area contributed by atoms with Crippen molar-refractivity contribution in [1.82, 2.24) is 0 Å². The van der Waals surface area contributed by atoms with Crippen LogP contribution in [0.5, 0.6) is 0 Å². The van der Waals surface area contributed by atoms with Gasteiger partial charge in [0.05, 0.1) is 12.0 Å². The number of halogens is 1. The number of Topliss-reactive ketones (excluding diaryl/α,β-unsaturated/α-hetero) is 1. The highest BCUT2D eigenvalue weighted by atomic mass is 79.9. The van der Waals surface area contributed by atoms with Crippen molar-refractivity contribution in [3.8, 4) is 6.07 Å². The number of rotatable bonds is 3. The Labute approximate surface area is 98.0 Å². The van der Waals surface area contributed by atoms with Crippen LogP contribution in [-0.2, 0) is 4.79 Å². The second-order valence-electron chi connectivity index (χ2n) is 3.60. The van der Waals surface area contributed by atoms with Crippen LogP contribution in [0.15, 0.2) is 22.7 Å². The van der Waals surface area contributed by atoms with Crippen LogP contribution in [0.3, 0.4) is 0 Å². The van der Waals surface area contributed by atoms with Gasteiger partial charge >= 0.3 is 0 Å². The van der Waals surface area contributed by atoms with E-state index in [1.165, 1.54) is 6.92 Å². The summed E-state index contributed by atoms with van der Waals surface area (Å²) in [6.45, 7) is 3.49. The molecule has 1 rings (SSSR count). The molecule has 0 spiro atoms. The Hall–Kier alpha value is -1.14. The molecule has 0 radical (unpaired) electrons. The molecule has 78 valence electrons. The molecule has 0 aromatic heterocycles. The van der Waals surface area contributed by atoms with Gasteiger partial charge in [0.25, 0.3) is 0 Å². The smallest absolute Gasteiger partial charge is 0.131 e. The van der Waals surface area contributed by atoms with Crippen LogP contribution >= 0.6 is 15.9 Å². The summed E-state index contributed by atoms with van der Waals surface area (Å²) in [5.41, 5.74) is 2.02. The minimum absolute atomic E-state index is 0.0400. The van der Waals surface area contributed by atoms with Crippen LogP contribution in [0.2, 0.25) is 0 Å². The Bertz CT molecular complexity index is 420. The van der Waals surface area contributed by atoms with Crippen molar-refractivity contribution in [1.29, 1.82) is 5.26 Å². The van der Waals surface area contributed by atoms with Crippen LogP contribution in [-0.4, -0.2) is 5.78 Å². The van der Waals surface area contributed by atoms with Crippen LogP contribution in [0.25, 0.3) is 0 Å². The molecule has 0 saturated carbocycles. The highest BCUT2D eigenvalue weighted by Gasteiger charge is 2.13. The van der Waals surface area contributed by atoms with E-state index in [1.54, 1.807) is 0 Å². The van der Waals surface area contributed by atoms with Gasteiger partial charge in [-0.15, -0.1) is 0 Å². The third-order valence-corrected chi connectivity index (χ3v) is 3.10. The Morgan fingerprint density at radius 3 is 2.73 bits per heavy atom. The summed E-state index contributed by atoms with van der Waals surface area (Å²) in [6.07, 6.45) is 0.284. The maximum atomic E-state index is 11.0. The second kappa shape index (κ2) is 5.09. The highest BCUT2D eigenvalue weighted by molar-refractivity contribution is 9.10. The summed E-state index contributed by atoms with van der Waals surface area (Å²) < 4.78 is 0.976. The molecule has 15 heavy (non-hydrogen) atoms. The molecule has 2 nitrogen and oxygen atoms in total. The molecule has 0 aliphatic heterocycles. The van der Waals surface area contributed by atoms with Crippen molar-refractivity contribution in [3.63, 3.8) is 0 Å². The Morgan fingerprint density at radius 2 is 2.27 bits per heavy atom. The average molecular weight is 266 g/mol.